The highest BCUT2D eigenvalue weighted by atomic mass is 16.6. The van der Waals surface area contributed by atoms with Crippen molar-refractivity contribution in [1.82, 2.24) is 0 Å². The zero-order valence-electron chi connectivity index (χ0n) is 83.4. The van der Waals surface area contributed by atoms with Crippen LogP contribution < -0.4 is 0 Å². The van der Waals surface area contributed by atoms with Gasteiger partial charge in [0.2, 0.25) is 0 Å². The number of aliphatic carboxylic acids is 1. The van der Waals surface area contributed by atoms with Gasteiger partial charge in [-0.3, -0.25) is 24.0 Å². The third-order valence-electron chi connectivity index (χ3n) is 25.2. The van der Waals surface area contributed by atoms with Crippen molar-refractivity contribution in [3.63, 3.8) is 0 Å². The van der Waals surface area contributed by atoms with Gasteiger partial charge in [0.25, 0.3) is 6.47 Å². The molecule has 4 aliphatic carbocycles. The lowest BCUT2D eigenvalue weighted by atomic mass is 9.57. The smallest absolute Gasteiger partial charge is 0.373 e. The van der Waals surface area contributed by atoms with Crippen LogP contribution in [0.5, 0.6) is 0 Å². The molecule has 0 spiro atoms. The molecule has 0 heterocycles. The lowest BCUT2D eigenvalue weighted by Crippen LogP contribution is -2.54. The molecule has 0 radical (unpaired) electrons. The number of fused-ring (bicyclic) bond motifs is 2. The quantitative estimate of drug-likeness (QED) is 0.00968. The van der Waals surface area contributed by atoms with Gasteiger partial charge >= 0.3 is 54.3 Å². The normalized spacial score (nSPS) is 18.7. The molecule has 3 N–H and O–H groups in total. The second-order valence-corrected chi connectivity index (χ2v) is 34.9. The number of hydrogen-bond donors (Lipinski definition) is 3. The summed E-state index contributed by atoms with van der Waals surface area (Å²) in [6, 6.07) is 0. The second-order valence-electron chi connectivity index (χ2n) is 34.9. The fourth-order valence-electron chi connectivity index (χ4n) is 17.0. The average molecular weight is 1890 g/mol. The monoisotopic (exact) mass is 1890 g/mol. The van der Waals surface area contributed by atoms with Gasteiger partial charge in [-0.25, -0.2) is 9.59 Å². The van der Waals surface area contributed by atoms with E-state index >= 15 is 0 Å². The number of esters is 5. The molecule has 26 nitrogen and oxygen atoms in total. The molecule has 3 saturated carbocycles. The van der Waals surface area contributed by atoms with Gasteiger partial charge in [-0.05, 0) is 144 Å². The first-order valence-corrected chi connectivity index (χ1v) is 47.5. The zero-order valence-corrected chi connectivity index (χ0v) is 83.4. The van der Waals surface area contributed by atoms with Crippen molar-refractivity contribution in [3.05, 3.63) is 12.2 Å². The number of allylic oxidation sites excluding steroid dienone is 2. The van der Waals surface area contributed by atoms with Gasteiger partial charge in [0.05, 0.1) is 77.1 Å². The number of hydrogen-bond acceptors (Lipinski definition) is 25. The molecule has 4 aliphatic rings. The first kappa shape index (κ1) is 133. The van der Waals surface area contributed by atoms with Gasteiger partial charge in [0, 0.05) is 100 Å². The fourth-order valence-corrected chi connectivity index (χ4v) is 17.0. The van der Waals surface area contributed by atoms with E-state index in [4.69, 9.17) is 151 Å². The molecule has 3 fully saturated rings. The third kappa shape index (κ3) is 53.6. The van der Waals surface area contributed by atoms with Crippen molar-refractivity contribution in [3.8, 4) is 123 Å². The summed E-state index contributed by atoms with van der Waals surface area (Å²) in [5.41, 5.74) is -3.71. The van der Waals surface area contributed by atoms with Gasteiger partial charge in [-0.1, -0.05) is 153 Å². The molecule has 26 heteroatoms. The number of carbonyl (C=O) groups excluding carboxylic acids is 12. The largest absolute Gasteiger partial charge is 0.481 e. The molecule has 6 unspecified atom stereocenters. The van der Waals surface area contributed by atoms with Gasteiger partial charge in [0.15, 0.2) is 5.41 Å². The second kappa shape index (κ2) is 84.1. The molecular weight excluding hydrogens is 1730 g/mol. The van der Waals surface area contributed by atoms with Crippen LogP contribution in [0.4, 0.5) is 0 Å². The van der Waals surface area contributed by atoms with E-state index < -0.39 is 63.5 Å². The molecule has 14 atom stereocenters. The van der Waals surface area contributed by atoms with Gasteiger partial charge < -0.3 is 62.7 Å². The Hall–Kier alpha value is -10.5. The fraction of sp³-hybridized carbons (Fsp3) is 0.706. The molecule has 135 heavy (non-hydrogen) atoms. The van der Waals surface area contributed by atoms with E-state index in [-0.39, 0.29) is 133 Å². The van der Waals surface area contributed by atoms with Crippen LogP contribution in [0, 0.1) is 222 Å². The topological polar surface area (TPSA) is 375 Å². The van der Waals surface area contributed by atoms with Crippen molar-refractivity contribution in [2.45, 2.75) is 308 Å². The molecule has 2 bridgehead atoms. The Labute approximate surface area is 809 Å². The van der Waals surface area contributed by atoms with Crippen molar-refractivity contribution >= 4 is 60.7 Å². The van der Waals surface area contributed by atoms with E-state index in [0.717, 1.165) is 63.9 Å². The van der Waals surface area contributed by atoms with Crippen molar-refractivity contribution in [1.29, 1.82) is 0 Å². The van der Waals surface area contributed by atoms with Crippen LogP contribution in [-0.4, -0.2) is 180 Å². The number of aliphatic hydroxyl groups is 2. The maximum absolute atomic E-state index is 12.7. The Kier molecular flexibility index (Phi) is 82.8. The number of aliphatic hydroxyl groups excluding tert-OH is 2. The summed E-state index contributed by atoms with van der Waals surface area (Å²) in [5, 5.41) is 26.5. The van der Waals surface area contributed by atoms with Crippen molar-refractivity contribution < 1.29 is 125 Å². The first-order chi connectivity index (χ1) is 64.7. The van der Waals surface area contributed by atoms with E-state index in [1.54, 1.807) is 20.8 Å². The maximum atomic E-state index is 12.7. The van der Waals surface area contributed by atoms with E-state index in [0.29, 0.717) is 112 Å². The zero-order chi connectivity index (χ0) is 103. The number of terminal acetylenes is 10. The molecule has 0 amide bonds. The standard InChI is InChI=1S/C34H54O6.C23H42O2.C18H26O4.C12H16O2.C10H10O4.C9H12O2.3CO2/c1-9-11-27(19-39-33(35)21-37-31-17-25(7)13-15-29(31)23(3)4)28(12-10-2)20-40-34(36)22-38-32-18-26(8)14-16-30(32)24(5)6;1-3-5-7-9-11-15-24-18-22-20-13-14-21(17-20)23(22)19-25-16-12-10-8-6-4-2;1-7-13-17(9-3,10-4)18(14-8-2,15(19)21-11-5)16(20)22-12-6;1-5-9-12(7-3,10-6-2)11(13)14-8-4;1-3-5-8(10(12)13)9(6-4-2)14-7-11;1-3-5-9(7-10,8-11)6-4-2;3*2-1-3/h1-2,23-32H,11-22H2,3-8H3;13-14,20-23H,3-12,15-19H2,1-2H3;1-2H,9-14H2,3-6H3;1-2H,7-10H2,3-4H3;1-2,7-9H,5-6H2,(H,12,13);1-2,10-11H,5-8H2;;;/t25-,26+,27-,28+,29+,30-,31-,32-;;;;;;;;/m0......../s1. The predicted octanol–water partition coefficient (Wildman–Crippen LogP) is 16.2. The van der Waals surface area contributed by atoms with Crippen LogP contribution in [-0.2, 0) is 110 Å². The SMILES string of the molecule is C#CCC(CC)(CC#C)C(=O)OCC.C#CCC(CC)(CC)C(CC#C)(C(=O)OCC)C(=O)OCC.C#CCC(CO)(CO)CC#C.C#CCC(OC=O)C(CC#C)C(=O)O.C#CC[C@H](COC(=O)CO[C@H]1C[C@H](C)CC[C@H]1C(C)C)[C@@H](CC#C)COC(=O)CO[C@H]1C[C@@H](C)CC[C@@H]1C(C)C.CCCCCCCOCC1C2C=CC(C2)C1COCCCCCCC.O=C=O.O=C=O.O=C=O. The predicted molar refractivity (Wildman–Crippen MR) is 514 cm³/mol. The first-order valence-electron chi connectivity index (χ1n) is 47.5. The van der Waals surface area contributed by atoms with Gasteiger partial charge in [0.1, 0.15) is 25.2 Å². The van der Waals surface area contributed by atoms with Crippen LogP contribution in [0.2, 0.25) is 0 Å². The molecule has 752 valence electrons. The highest BCUT2D eigenvalue weighted by molar-refractivity contribution is 6.01. The maximum Gasteiger partial charge on any atom is 0.373 e. The highest BCUT2D eigenvalue weighted by Crippen LogP contribution is 2.52. The van der Waals surface area contributed by atoms with Crippen molar-refractivity contribution in [2.24, 2.45) is 98.6 Å². The van der Waals surface area contributed by atoms with Crippen LogP contribution in [0.3, 0.4) is 0 Å². The number of rotatable bonds is 55. The molecule has 0 aromatic heterocycles. The molecule has 0 aliphatic heterocycles. The molecule has 0 aromatic rings. The van der Waals surface area contributed by atoms with Gasteiger partial charge in [-0.15, -0.1) is 123 Å². The summed E-state index contributed by atoms with van der Waals surface area (Å²) in [7, 11) is 0. The summed E-state index contributed by atoms with van der Waals surface area (Å²) in [4.78, 5) is 132. The Balaban J connectivity index is -0.000000518. The summed E-state index contributed by atoms with van der Waals surface area (Å²) in [6.07, 6.45) is 82.7. The summed E-state index contributed by atoms with van der Waals surface area (Å²) >= 11 is 0. The minimum atomic E-state index is -1.57. The summed E-state index contributed by atoms with van der Waals surface area (Å²) in [5.74, 6) is 25.6. The van der Waals surface area contributed by atoms with Crippen LogP contribution in [0.25, 0.3) is 0 Å². The molecule has 0 saturated heterocycles. The average Bonchev–Trinajstić information content (AvgIpc) is 1.50. The number of ether oxygens (including phenoxy) is 10. The Morgan fingerprint density at radius 3 is 1.11 bits per heavy atom. The lowest BCUT2D eigenvalue weighted by Gasteiger charge is -2.44. The number of carbonyl (C=O) groups is 7. The minimum absolute atomic E-state index is 0.0183. The van der Waals surface area contributed by atoms with Crippen LogP contribution in [0.1, 0.15) is 290 Å². The lowest BCUT2D eigenvalue weighted by molar-refractivity contribution is -0.193. The molecule has 4 rings (SSSR count). The van der Waals surface area contributed by atoms with E-state index in [1.165, 1.54) is 83.5 Å². The molecule has 0 aromatic carbocycles. The summed E-state index contributed by atoms with van der Waals surface area (Å²) in [6.45, 7) is 33.0. The third-order valence-corrected chi connectivity index (χ3v) is 25.2. The number of carboxylic acid groups (broad SMARTS) is 1. The Morgan fingerprint density at radius 1 is 0.444 bits per heavy atom. The van der Waals surface area contributed by atoms with E-state index in [1.807, 2.05) is 20.8 Å². The van der Waals surface area contributed by atoms with Crippen molar-refractivity contribution in [2.75, 3.05) is 85.9 Å². The van der Waals surface area contributed by atoms with Crippen LogP contribution >= 0.6 is 0 Å². The van der Waals surface area contributed by atoms with E-state index in [2.05, 4.69) is 131 Å². The van der Waals surface area contributed by atoms with Gasteiger partial charge in [-0.2, -0.15) is 28.8 Å². The van der Waals surface area contributed by atoms with Crippen LogP contribution in [0.15, 0.2) is 12.2 Å². The number of carboxylic acids is 1. The minimum Gasteiger partial charge on any atom is -0.481 e. The van der Waals surface area contributed by atoms with E-state index in [9.17, 15) is 33.6 Å². The number of unbranched alkanes of at least 4 members (excludes halogenated alkanes) is 8. The Bertz CT molecular complexity index is 3660. The highest BCUT2D eigenvalue weighted by Gasteiger charge is 2.61. The molecular formula is C109H160O26. The Morgan fingerprint density at radius 2 is 0.807 bits per heavy atom. The summed E-state index contributed by atoms with van der Waals surface area (Å²) < 4.78 is 55.3.